The maximum atomic E-state index is 12.5. The number of nitrogens with zero attached hydrogens (tertiary/aromatic N) is 1. The summed E-state index contributed by atoms with van der Waals surface area (Å²) in [5.41, 5.74) is 1.16. The number of para-hydroxylation sites is 1. The molecule has 26 heavy (non-hydrogen) atoms. The number of amides is 2. The number of carbonyl (C=O) groups excluding carboxylic acids is 2. The number of amidine groups is 1. The highest BCUT2D eigenvalue weighted by Crippen LogP contribution is 2.32. The summed E-state index contributed by atoms with van der Waals surface area (Å²) in [6, 6.07) is 14.1. The molecule has 2 aromatic carbocycles. The third kappa shape index (κ3) is 4.56. The second-order valence-electron chi connectivity index (χ2n) is 5.45. The molecule has 1 heterocycles. The first-order chi connectivity index (χ1) is 12.5. The molecular formula is C18H16ClN3O3S. The smallest absolute Gasteiger partial charge is 0.238 e. The number of hydrogen-bond donors (Lipinski definition) is 2. The molecule has 1 aliphatic rings. The van der Waals surface area contributed by atoms with E-state index in [1.807, 2.05) is 18.2 Å². The van der Waals surface area contributed by atoms with Gasteiger partial charge in [-0.1, -0.05) is 41.6 Å². The summed E-state index contributed by atoms with van der Waals surface area (Å²) in [5.74, 6) is 0.00567. The van der Waals surface area contributed by atoms with Crippen molar-refractivity contribution < 1.29 is 14.3 Å². The molecular weight excluding hydrogens is 374 g/mol. The summed E-state index contributed by atoms with van der Waals surface area (Å²) in [5, 5.41) is 5.74. The largest absolute Gasteiger partial charge is 0.494 e. The summed E-state index contributed by atoms with van der Waals surface area (Å²) >= 11 is 7.20. The van der Waals surface area contributed by atoms with E-state index in [0.717, 1.165) is 0 Å². The maximum Gasteiger partial charge on any atom is 0.238 e. The van der Waals surface area contributed by atoms with Gasteiger partial charge in [0.15, 0.2) is 5.17 Å². The molecule has 2 amide bonds. The molecule has 2 aromatic rings. The number of rotatable bonds is 4. The van der Waals surface area contributed by atoms with Crippen LogP contribution in [0.3, 0.4) is 0 Å². The second kappa shape index (κ2) is 8.25. The monoisotopic (exact) mass is 389 g/mol. The Kier molecular flexibility index (Phi) is 5.80. The Morgan fingerprint density at radius 2 is 2.08 bits per heavy atom. The molecule has 2 N–H and O–H groups in total. The SMILES string of the molecule is COc1ccc(Cl)cc1N=C1NC(=O)C[C@@H](C(=O)Nc2ccccc2)S1. The van der Waals surface area contributed by atoms with Gasteiger partial charge in [-0.3, -0.25) is 9.59 Å². The molecule has 1 fully saturated rings. The Bertz CT molecular complexity index is 858. The summed E-state index contributed by atoms with van der Waals surface area (Å²) in [6.45, 7) is 0. The molecule has 8 heteroatoms. The van der Waals surface area contributed by atoms with Crippen LogP contribution in [0.2, 0.25) is 5.02 Å². The lowest BCUT2D eigenvalue weighted by Crippen LogP contribution is -2.41. The minimum atomic E-state index is -0.576. The number of carbonyl (C=O) groups is 2. The van der Waals surface area contributed by atoms with Gasteiger partial charge in [0.2, 0.25) is 11.8 Å². The number of methoxy groups -OCH3 is 1. The van der Waals surface area contributed by atoms with Crippen LogP contribution in [0.15, 0.2) is 53.5 Å². The standard InChI is InChI=1S/C18H16ClN3O3S/c1-25-14-8-7-11(19)9-13(14)21-18-22-16(23)10-15(26-18)17(24)20-12-5-3-2-4-6-12/h2-9,15H,10H2,1H3,(H,20,24)(H,21,22,23)/t15-/m0/s1. The van der Waals surface area contributed by atoms with Crippen LogP contribution >= 0.6 is 23.4 Å². The first-order valence-corrected chi connectivity index (χ1v) is 9.05. The van der Waals surface area contributed by atoms with Crippen molar-refractivity contribution in [2.45, 2.75) is 11.7 Å². The first kappa shape index (κ1) is 18.3. The van der Waals surface area contributed by atoms with Gasteiger partial charge in [0, 0.05) is 17.1 Å². The van der Waals surface area contributed by atoms with Crippen LogP contribution in [-0.4, -0.2) is 29.3 Å². The van der Waals surface area contributed by atoms with Gasteiger partial charge in [-0.05, 0) is 30.3 Å². The second-order valence-corrected chi connectivity index (χ2v) is 7.08. The molecule has 0 radical (unpaired) electrons. The van der Waals surface area contributed by atoms with Crippen LogP contribution in [0.4, 0.5) is 11.4 Å². The number of anilines is 1. The van der Waals surface area contributed by atoms with Gasteiger partial charge in [-0.15, -0.1) is 0 Å². The summed E-state index contributed by atoms with van der Waals surface area (Å²) < 4.78 is 5.26. The molecule has 0 bridgehead atoms. The van der Waals surface area contributed by atoms with Gasteiger partial charge < -0.3 is 15.4 Å². The average molecular weight is 390 g/mol. The highest BCUT2D eigenvalue weighted by molar-refractivity contribution is 8.15. The molecule has 1 aliphatic heterocycles. The topological polar surface area (TPSA) is 79.8 Å². The molecule has 1 atom stereocenters. The van der Waals surface area contributed by atoms with Crippen molar-refractivity contribution in [1.82, 2.24) is 5.32 Å². The van der Waals surface area contributed by atoms with Crippen molar-refractivity contribution in [3.8, 4) is 5.75 Å². The van der Waals surface area contributed by atoms with Gasteiger partial charge in [0.05, 0.1) is 7.11 Å². The zero-order valence-electron chi connectivity index (χ0n) is 13.9. The molecule has 0 unspecified atom stereocenters. The molecule has 1 saturated heterocycles. The van der Waals surface area contributed by atoms with Gasteiger partial charge >= 0.3 is 0 Å². The number of ether oxygens (including phenoxy) is 1. The Hall–Kier alpha value is -2.51. The van der Waals surface area contributed by atoms with Crippen molar-refractivity contribution in [2.24, 2.45) is 4.99 Å². The number of thioether (sulfide) groups is 1. The number of benzene rings is 2. The molecule has 0 spiro atoms. The Morgan fingerprint density at radius 3 is 2.81 bits per heavy atom. The lowest BCUT2D eigenvalue weighted by atomic mass is 10.2. The highest BCUT2D eigenvalue weighted by atomic mass is 35.5. The number of nitrogens with one attached hydrogen (secondary N) is 2. The maximum absolute atomic E-state index is 12.5. The quantitative estimate of drug-likeness (QED) is 0.837. The number of aliphatic imine (C=N–C) groups is 1. The molecule has 0 saturated carbocycles. The lowest BCUT2D eigenvalue weighted by Gasteiger charge is -2.22. The third-order valence-corrected chi connectivity index (χ3v) is 4.88. The molecule has 0 aromatic heterocycles. The van der Waals surface area contributed by atoms with E-state index >= 15 is 0 Å². The van der Waals surface area contributed by atoms with Crippen molar-refractivity contribution in [1.29, 1.82) is 0 Å². The Balaban J connectivity index is 1.79. The van der Waals surface area contributed by atoms with Gasteiger partial charge in [0.1, 0.15) is 16.7 Å². The van der Waals surface area contributed by atoms with Crippen LogP contribution in [-0.2, 0) is 9.59 Å². The van der Waals surface area contributed by atoms with E-state index in [1.165, 1.54) is 18.9 Å². The lowest BCUT2D eigenvalue weighted by molar-refractivity contribution is -0.123. The van der Waals surface area contributed by atoms with Crippen LogP contribution < -0.4 is 15.4 Å². The molecule has 6 nitrogen and oxygen atoms in total. The van der Waals surface area contributed by atoms with E-state index in [9.17, 15) is 9.59 Å². The average Bonchev–Trinajstić information content (AvgIpc) is 2.62. The molecule has 134 valence electrons. The molecule has 3 rings (SSSR count). The van der Waals surface area contributed by atoms with Gasteiger partial charge in [0.25, 0.3) is 0 Å². The minimum absolute atomic E-state index is 0.0784. The van der Waals surface area contributed by atoms with E-state index in [1.54, 1.807) is 30.3 Å². The number of hydrogen-bond acceptors (Lipinski definition) is 5. The fraction of sp³-hybridized carbons (Fsp3) is 0.167. The minimum Gasteiger partial charge on any atom is -0.494 e. The predicted octanol–water partition coefficient (Wildman–Crippen LogP) is 3.60. The van der Waals surface area contributed by atoms with Crippen LogP contribution in [0.5, 0.6) is 5.75 Å². The zero-order valence-corrected chi connectivity index (χ0v) is 15.4. The fourth-order valence-corrected chi connectivity index (χ4v) is 3.51. The van der Waals surface area contributed by atoms with Gasteiger partial charge in [-0.2, -0.15) is 0 Å². The highest BCUT2D eigenvalue weighted by Gasteiger charge is 2.30. The van der Waals surface area contributed by atoms with Crippen molar-refractivity contribution in [2.75, 3.05) is 12.4 Å². The summed E-state index contributed by atoms with van der Waals surface area (Å²) in [7, 11) is 1.52. The van der Waals surface area contributed by atoms with Crippen molar-refractivity contribution in [3.05, 3.63) is 53.6 Å². The fourth-order valence-electron chi connectivity index (χ4n) is 2.35. The predicted molar refractivity (Wildman–Crippen MR) is 104 cm³/mol. The third-order valence-electron chi connectivity index (χ3n) is 3.57. The first-order valence-electron chi connectivity index (χ1n) is 7.80. The van der Waals surface area contributed by atoms with E-state index < -0.39 is 5.25 Å². The van der Waals surface area contributed by atoms with Gasteiger partial charge in [-0.25, -0.2) is 4.99 Å². The normalized spacial score (nSPS) is 18.3. The van der Waals surface area contributed by atoms with E-state index in [0.29, 0.717) is 27.3 Å². The molecule has 0 aliphatic carbocycles. The summed E-state index contributed by atoms with van der Waals surface area (Å²) in [6.07, 6.45) is 0.0784. The van der Waals surface area contributed by atoms with E-state index in [-0.39, 0.29) is 18.2 Å². The number of halogens is 1. The van der Waals surface area contributed by atoms with Crippen LogP contribution in [0.25, 0.3) is 0 Å². The van der Waals surface area contributed by atoms with Crippen LogP contribution in [0, 0.1) is 0 Å². The van der Waals surface area contributed by atoms with E-state index in [2.05, 4.69) is 15.6 Å². The summed E-state index contributed by atoms with van der Waals surface area (Å²) in [4.78, 5) is 28.9. The van der Waals surface area contributed by atoms with Crippen molar-refractivity contribution in [3.63, 3.8) is 0 Å². The Morgan fingerprint density at radius 1 is 1.31 bits per heavy atom. The Labute approximate surface area is 160 Å². The zero-order chi connectivity index (χ0) is 18.5. The van der Waals surface area contributed by atoms with Crippen LogP contribution in [0.1, 0.15) is 6.42 Å². The van der Waals surface area contributed by atoms with Crippen molar-refractivity contribution >= 4 is 51.7 Å². The van der Waals surface area contributed by atoms with E-state index in [4.69, 9.17) is 16.3 Å².